The van der Waals surface area contributed by atoms with Crippen molar-refractivity contribution in [3.05, 3.63) is 89.0 Å². The van der Waals surface area contributed by atoms with E-state index < -0.39 is 0 Å². The number of ether oxygens (including phenoxy) is 3. The molecule has 1 heterocycles. The molecule has 1 aliphatic heterocycles. The summed E-state index contributed by atoms with van der Waals surface area (Å²) < 4.78 is 16.8. The number of hydrogen-bond acceptors (Lipinski definition) is 4. The quantitative estimate of drug-likeness (QED) is 0.521. The van der Waals surface area contributed by atoms with E-state index in [0.717, 1.165) is 46.5 Å². The normalized spacial score (nSPS) is 14.1. The van der Waals surface area contributed by atoms with E-state index in [1.165, 1.54) is 0 Å². The second-order valence-corrected chi connectivity index (χ2v) is 7.29. The molecule has 3 aromatic carbocycles. The van der Waals surface area contributed by atoms with Gasteiger partial charge in [0.05, 0.1) is 19.9 Å². The lowest BCUT2D eigenvalue weighted by molar-refractivity contribution is -0.115. The lowest BCUT2D eigenvalue weighted by Crippen LogP contribution is -2.28. The molecule has 0 saturated carbocycles. The maximum absolute atomic E-state index is 11.7. The van der Waals surface area contributed by atoms with Crippen LogP contribution < -0.4 is 14.2 Å². The van der Waals surface area contributed by atoms with Gasteiger partial charge in [0.15, 0.2) is 11.5 Å². The van der Waals surface area contributed by atoms with Gasteiger partial charge in [-0.05, 0) is 53.5 Å². The smallest absolute Gasteiger partial charge is 0.214 e. The Morgan fingerprint density at radius 2 is 1.65 bits per heavy atom. The number of rotatable bonds is 7. The summed E-state index contributed by atoms with van der Waals surface area (Å²) in [6, 6.07) is 21.9. The topological polar surface area (TPSA) is 48.0 Å². The second kappa shape index (κ2) is 9.39. The van der Waals surface area contributed by atoms with Crippen molar-refractivity contribution in [3.8, 4) is 17.2 Å². The van der Waals surface area contributed by atoms with Gasteiger partial charge in [-0.25, -0.2) is 0 Å². The molecular weight excluding hydrogens is 390 g/mol. The number of benzene rings is 3. The Balaban J connectivity index is 1.60. The highest BCUT2D eigenvalue weighted by atomic mass is 16.5. The van der Waals surface area contributed by atoms with Crippen LogP contribution in [0.25, 0.3) is 11.8 Å². The third-order valence-electron chi connectivity index (χ3n) is 5.38. The van der Waals surface area contributed by atoms with Crippen LogP contribution in [0.4, 0.5) is 0 Å². The molecule has 3 aromatic rings. The Hall–Kier alpha value is -3.73. The molecule has 0 N–H and O–H groups in total. The van der Waals surface area contributed by atoms with Gasteiger partial charge in [0.1, 0.15) is 12.4 Å². The summed E-state index contributed by atoms with van der Waals surface area (Å²) >= 11 is 0. The molecule has 0 unspecified atom stereocenters. The van der Waals surface area contributed by atoms with Gasteiger partial charge in [-0.2, -0.15) is 0 Å². The molecule has 1 aliphatic rings. The van der Waals surface area contributed by atoms with E-state index in [2.05, 4.69) is 0 Å². The highest BCUT2D eigenvalue weighted by Gasteiger charge is 2.23. The molecule has 0 bridgehead atoms. The first-order chi connectivity index (χ1) is 15.2. The first-order valence-corrected chi connectivity index (χ1v) is 10.2. The fraction of sp³-hybridized carbons (Fsp3) is 0.192. The van der Waals surface area contributed by atoms with Crippen LogP contribution in [-0.4, -0.2) is 32.1 Å². The van der Waals surface area contributed by atoms with E-state index in [1.54, 1.807) is 19.1 Å². The maximum atomic E-state index is 11.7. The lowest BCUT2D eigenvalue weighted by atomic mass is 9.94. The van der Waals surface area contributed by atoms with Crippen LogP contribution in [0, 0.1) is 0 Å². The van der Waals surface area contributed by atoms with E-state index in [9.17, 15) is 4.79 Å². The monoisotopic (exact) mass is 415 g/mol. The van der Waals surface area contributed by atoms with Crippen molar-refractivity contribution in [2.45, 2.75) is 13.0 Å². The first-order valence-electron chi connectivity index (χ1n) is 10.2. The number of methoxy groups -OCH3 is 2. The molecule has 158 valence electrons. The van der Waals surface area contributed by atoms with E-state index in [-0.39, 0.29) is 0 Å². The van der Waals surface area contributed by atoms with E-state index >= 15 is 0 Å². The molecule has 5 nitrogen and oxygen atoms in total. The minimum atomic E-state index is 0.523. The minimum absolute atomic E-state index is 0.523. The van der Waals surface area contributed by atoms with Gasteiger partial charge in [0.25, 0.3) is 0 Å². The number of amides is 1. The van der Waals surface area contributed by atoms with Crippen LogP contribution in [0.2, 0.25) is 0 Å². The van der Waals surface area contributed by atoms with E-state index in [1.807, 2.05) is 72.8 Å². The van der Waals surface area contributed by atoms with Gasteiger partial charge in [0.2, 0.25) is 6.41 Å². The van der Waals surface area contributed by atoms with Crippen molar-refractivity contribution in [2.75, 3.05) is 20.8 Å². The summed E-state index contributed by atoms with van der Waals surface area (Å²) in [4.78, 5) is 13.5. The van der Waals surface area contributed by atoms with E-state index in [4.69, 9.17) is 14.2 Å². The molecule has 0 atom stereocenters. The zero-order chi connectivity index (χ0) is 21.6. The Morgan fingerprint density at radius 1 is 0.935 bits per heavy atom. The van der Waals surface area contributed by atoms with Gasteiger partial charge in [0, 0.05) is 12.1 Å². The summed E-state index contributed by atoms with van der Waals surface area (Å²) in [5, 5.41) is 0. The van der Waals surface area contributed by atoms with Crippen LogP contribution in [0.1, 0.15) is 22.3 Å². The van der Waals surface area contributed by atoms with Crippen molar-refractivity contribution >= 4 is 18.2 Å². The summed E-state index contributed by atoms with van der Waals surface area (Å²) in [5.41, 5.74) is 5.05. The molecular formula is C26H25NO4. The number of fused-ring (bicyclic) bond motifs is 1. The number of nitrogens with zero attached hydrogens (tertiary/aromatic N) is 1. The van der Waals surface area contributed by atoms with Crippen molar-refractivity contribution in [1.82, 2.24) is 4.90 Å². The molecule has 31 heavy (non-hydrogen) atoms. The van der Waals surface area contributed by atoms with Crippen molar-refractivity contribution in [3.63, 3.8) is 0 Å². The van der Waals surface area contributed by atoms with Crippen LogP contribution in [0.15, 0.2) is 66.7 Å². The summed E-state index contributed by atoms with van der Waals surface area (Å²) in [5.74, 6) is 2.14. The zero-order valence-electron chi connectivity index (χ0n) is 17.7. The van der Waals surface area contributed by atoms with Gasteiger partial charge in [-0.1, -0.05) is 42.5 Å². The molecule has 0 radical (unpaired) electrons. The Kier molecular flexibility index (Phi) is 6.22. The molecule has 0 saturated heterocycles. The van der Waals surface area contributed by atoms with Crippen molar-refractivity contribution in [1.29, 1.82) is 0 Å². The number of hydrogen-bond donors (Lipinski definition) is 0. The highest BCUT2D eigenvalue weighted by molar-refractivity contribution is 5.88. The van der Waals surface area contributed by atoms with Gasteiger partial charge < -0.3 is 19.1 Å². The summed E-state index contributed by atoms with van der Waals surface area (Å²) in [6.07, 6.45) is 3.65. The maximum Gasteiger partial charge on any atom is 0.214 e. The summed E-state index contributed by atoms with van der Waals surface area (Å²) in [7, 11) is 3.24. The van der Waals surface area contributed by atoms with Crippen molar-refractivity contribution < 1.29 is 19.0 Å². The van der Waals surface area contributed by atoms with Gasteiger partial charge in [-0.15, -0.1) is 0 Å². The molecule has 0 spiro atoms. The predicted molar refractivity (Wildman–Crippen MR) is 121 cm³/mol. The van der Waals surface area contributed by atoms with Crippen LogP contribution in [0.3, 0.4) is 0 Å². The second-order valence-electron chi connectivity index (χ2n) is 7.29. The molecule has 1 amide bonds. The SMILES string of the molecule is COc1cc2c(cc1OC)/C(=C/c1ccc(OCc3ccccc3)cc1)N(C=O)CC2. The molecule has 5 heteroatoms. The Morgan fingerprint density at radius 3 is 2.32 bits per heavy atom. The summed E-state index contributed by atoms with van der Waals surface area (Å²) in [6.45, 7) is 1.14. The van der Waals surface area contributed by atoms with Gasteiger partial charge in [-0.3, -0.25) is 4.79 Å². The fourth-order valence-corrected chi connectivity index (χ4v) is 3.71. The van der Waals surface area contributed by atoms with Crippen LogP contribution >= 0.6 is 0 Å². The Bertz CT molecular complexity index is 1070. The molecule has 0 aliphatic carbocycles. The average Bonchev–Trinajstić information content (AvgIpc) is 2.83. The average molecular weight is 415 g/mol. The standard InChI is InChI=1S/C26H25NO4/c1-29-25-15-21-12-13-27(18-28)24(23(21)16-26(25)30-2)14-19-8-10-22(11-9-19)31-17-20-6-4-3-5-7-20/h3-11,14-16,18H,12-13,17H2,1-2H3/b24-14-. The first kappa shape index (κ1) is 20.5. The largest absolute Gasteiger partial charge is 0.493 e. The minimum Gasteiger partial charge on any atom is -0.493 e. The third kappa shape index (κ3) is 4.56. The van der Waals surface area contributed by atoms with E-state index in [0.29, 0.717) is 24.7 Å². The fourth-order valence-electron chi connectivity index (χ4n) is 3.71. The Labute approximate surface area is 182 Å². The van der Waals surface area contributed by atoms with Crippen LogP contribution in [-0.2, 0) is 17.8 Å². The number of carbonyl (C=O) groups is 1. The highest BCUT2D eigenvalue weighted by Crippen LogP contribution is 2.38. The molecule has 0 fully saturated rings. The van der Waals surface area contributed by atoms with Crippen LogP contribution in [0.5, 0.6) is 17.2 Å². The van der Waals surface area contributed by atoms with Crippen molar-refractivity contribution in [2.24, 2.45) is 0 Å². The predicted octanol–water partition coefficient (Wildman–Crippen LogP) is 4.80. The molecule has 0 aromatic heterocycles. The number of carbonyl (C=O) groups excluding carboxylic acids is 1. The lowest BCUT2D eigenvalue weighted by Gasteiger charge is -2.29. The van der Waals surface area contributed by atoms with Gasteiger partial charge >= 0.3 is 0 Å². The third-order valence-corrected chi connectivity index (χ3v) is 5.38. The zero-order valence-corrected chi connectivity index (χ0v) is 17.7. The molecule has 4 rings (SSSR count).